The van der Waals surface area contributed by atoms with Crippen LogP contribution in [0.2, 0.25) is 0 Å². The highest BCUT2D eigenvalue weighted by Crippen LogP contribution is 2.28. The van der Waals surface area contributed by atoms with Gasteiger partial charge >= 0.3 is 11.9 Å². The molecule has 1 N–H and O–H groups in total. The average molecular weight is 466 g/mol. The van der Waals surface area contributed by atoms with Gasteiger partial charge in [-0.15, -0.1) is 0 Å². The molecule has 0 unspecified atom stereocenters. The number of benzene rings is 2. The molecule has 8 nitrogen and oxygen atoms in total. The first-order chi connectivity index (χ1) is 16.2. The van der Waals surface area contributed by atoms with Crippen molar-refractivity contribution in [1.29, 1.82) is 0 Å². The molecule has 3 rings (SSSR count). The Hall–Kier alpha value is -4.07. The van der Waals surface area contributed by atoms with E-state index in [0.717, 1.165) is 16.9 Å². The fraction of sp³-hybridized carbons (Fsp3) is 0.269. The Morgan fingerprint density at radius 3 is 2.15 bits per heavy atom. The van der Waals surface area contributed by atoms with Gasteiger partial charge in [0.15, 0.2) is 5.76 Å². The summed E-state index contributed by atoms with van der Waals surface area (Å²) in [4.78, 5) is 36.6. The molecule has 0 saturated heterocycles. The summed E-state index contributed by atoms with van der Waals surface area (Å²) in [5.41, 5.74) is 2.56. The van der Waals surface area contributed by atoms with Crippen LogP contribution in [0.4, 0.5) is 5.69 Å². The van der Waals surface area contributed by atoms with E-state index in [9.17, 15) is 14.4 Å². The number of rotatable bonds is 8. The lowest BCUT2D eigenvalue weighted by atomic mass is 10.0. The monoisotopic (exact) mass is 465 g/mol. The van der Waals surface area contributed by atoms with E-state index < -0.39 is 17.8 Å². The lowest BCUT2D eigenvalue weighted by Gasteiger charge is -2.14. The first-order valence-electron chi connectivity index (χ1n) is 10.7. The maximum absolute atomic E-state index is 12.7. The minimum absolute atomic E-state index is 0.0509. The molecule has 1 amide bonds. The molecule has 3 aromatic rings. The predicted molar refractivity (Wildman–Crippen MR) is 125 cm³/mol. The Balaban J connectivity index is 1.74. The van der Waals surface area contributed by atoms with Gasteiger partial charge in [-0.1, -0.05) is 26.0 Å². The third-order valence-electron chi connectivity index (χ3n) is 5.08. The van der Waals surface area contributed by atoms with Crippen molar-refractivity contribution in [2.24, 2.45) is 0 Å². The molecule has 0 bridgehead atoms. The second-order valence-corrected chi connectivity index (χ2v) is 7.99. The fourth-order valence-electron chi connectivity index (χ4n) is 3.33. The highest BCUT2D eigenvalue weighted by Gasteiger charge is 2.17. The smallest absolute Gasteiger partial charge is 0.337 e. The van der Waals surface area contributed by atoms with Crippen molar-refractivity contribution >= 4 is 23.5 Å². The van der Waals surface area contributed by atoms with Crippen LogP contribution >= 0.6 is 0 Å². The molecule has 0 saturated carbocycles. The van der Waals surface area contributed by atoms with Crippen LogP contribution in [0.5, 0.6) is 5.75 Å². The van der Waals surface area contributed by atoms with Gasteiger partial charge in [0, 0.05) is 5.69 Å². The first kappa shape index (κ1) is 24.6. The van der Waals surface area contributed by atoms with Crippen LogP contribution in [0.25, 0.3) is 0 Å². The van der Waals surface area contributed by atoms with E-state index in [2.05, 4.69) is 19.2 Å². The topological polar surface area (TPSA) is 104 Å². The predicted octanol–water partition coefficient (Wildman–Crippen LogP) is 5.12. The molecular formula is C26H27NO7. The highest BCUT2D eigenvalue weighted by atomic mass is 16.5. The normalized spacial score (nSPS) is 10.6. The van der Waals surface area contributed by atoms with Crippen molar-refractivity contribution in [3.63, 3.8) is 0 Å². The number of furan rings is 1. The Morgan fingerprint density at radius 1 is 0.912 bits per heavy atom. The Labute approximate surface area is 197 Å². The van der Waals surface area contributed by atoms with Gasteiger partial charge in [-0.3, -0.25) is 4.79 Å². The Kier molecular flexibility index (Phi) is 7.73. The van der Waals surface area contributed by atoms with Crippen LogP contribution in [0.1, 0.15) is 67.9 Å². The third kappa shape index (κ3) is 5.83. The summed E-state index contributed by atoms with van der Waals surface area (Å²) in [7, 11) is 2.44. The van der Waals surface area contributed by atoms with Crippen LogP contribution in [0, 0.1) is 6.92 Å². The molecule has 0 aliphatic heterocycles. The number of amides is 1. The van der Waals surface area contributed by atoms with E-state index in [-0.39, 0.29) is 29.2 Å². The lowest BCUT2D eigenvalue weighted by Crippen LogP contribution is -2.13. The second-order valence-electron chi connectivity index (χ2n) is 7.99. The van der Waals surface area contributed by atoms with E-state index in [1.54, 1.807) is 6.07 Å². The Morgan fingerprint density at radius 2 is 1.56 bits per heavy atom. The molecule has 0 aliphatic carbocycles. The zero-order valence-corrected chi connectivity index (χ0v) is 19.8. The molecule has 0 spiro atoms. The summed E-state index contributed by atoms with van der Waals surface area (Å²) in [6.45, 7) is 6.33. The van der Waals surface area contributed by atoms with Crippen molar-refractivity contribution in [2.75, 3.05) is 19.5 Å². The maximum Gasteiger partial charge on any atom is 0.337 e. The minimum Gasteiger partial charge on any atom is -0.485 e. The standard InChI is InChI=1S/C26H27NO7/c1-15(2)21-8-6-16(3)10-23(21)33-14-20-7-9-22(34-20)24(28)27-19-12-17(25(29)31-4)11-18(13-19)26(30)32-5/h6-13,15H,14H2,1-5H3,(H,27,28). The largest absolute Gasteiger partial charge is 0.485 e. The Bertz CT molecular complexity index is 1180. The van der Waals surface area contributed by atoms with Crippen LogP contribution < -0.4 is 10.1 Å². The highest BCUT2D eigenvalue weighted by molar-refractivity contribution is 6.04. The van der Waals surface area contributed by atoms with E-state index in [1.807, 2.05) is 25.1 Å². The number of anilines is 1. The molecule has 0 atom stereocenters. The summed E-state index contributed by atoms with van der Waals surface area (Å²) in [5.74, 6) is -0.278. The molecule has 178 valence electrons. The zero-order chi connectivity index (χ0) is 24.8. The minimum atomic E-state index is -0.657. The maximum atomic E-state index is 12.7. The molecular weight excluding hydrogens is 438 g/mol. The van der Waals surface area contributed by atoms with Crippen LogP contribution in [-0.2, 0) is 16.1 Å². The van der Waals surface area contributed by atoms with Gasteiger partial charge < -0.3 is 23.9 Å². The van der Waals surface area contributed by atoms with Crippen LogP contribution in [0.15, 0.2) is 52.9 Å². The molecule has 0 radical (unpaired) electrons. The SMILES string of the molecule is COC(=O)c1cc(NC(=O)c2ccc(COc3cc(C)ccc3C(C)C)o2)cc(C(=O)OC)c1. The summed E-state index contributed by atoms with van der Waals surface area (Å²) in [5, 5.41) is 2.63. The number of esters is 2. The second kappa shape index (κ2) is 10.7. The number of carbonyl (C=O) groups excluding carboxylic acids is 3. The number of carbonyl (C=O) groups is 3. The van der Waals surface area contributed by atoms with Crippen molar-refractivity contribution in [3.05, 3.63) is 82.3 Å². The van der Waals surface area contributed by atoms with Gasteiger partial charge in [-0.05, 0) is 60.4 Å². The van der Waals surface area contributed by atoms with Gasteiger partial charge in [0.05, 0.1) is 25.3 Å². The number of aryl methyl sites for hydroxylation is 1. The van der Waals surface area contributed by atoms with Crippen molar-refractivity contribution in [3.8, 4) is 5.75 Å². The van der Waals surface area contributed by atoms with E-state index >= 15 is 0 Å². The van der Waals surface area contributed by atoms with Crippen LogP contribution in [0.3, 0.4) is 0 Å². The molecule has 0 aliphatic rings. The van der Waals surface area contributed by atoms with E-state index in [4.69, 9.17) is 18.6 Å². The number of hydrogen-bond donors (Lipinski definition) is 1. The molecule has 1 heterocycles. The lowest BCUT2D eigenvalue weighted by molar-refractivity contribution is 0.0599. The number of nitrogens with one attached hydrogen (secondary N) is 1. The van der Waals surface area contributed by atoms with Gasteiger partial charge in [0.25, 0.3) is 5.91 Å². The zero-order valence-electron chi connectivity index (χ0n) is 19.8. The van der Waals surface area contributed by atoms with Crippen molar-refractivity contribution in [2.45, 2.75) is 33.3 Å². The van der Waals surface area contributed by atoms with Gasteiger partial charge in [-0.2, -0.15) is 0 Å². The fourth-order valence-corrected chi connectivity index (χ4v) is 3.33. The van der Waals surface area contributed by atoms with Gasteiger partial charge in [0.1, 0.15) is 18.1 Å². The average Bonchev–Trinajstić information content (AvgIpc) is 3.30. The first-order valence-corrected chi connectivity index (χ1v) is 10.7. The molecule has 1 aromatic heterocycles. The quantitative estimate of drug-likeness (QED) is 0.461. The summed E-state index contributed by atoms with van der Waals surface area (Å²) in [6.07, 6.45) is 0. The summed E-state index contributed by atoms with van der Waals surface area (Å²) < 4.78 is 21.0. The molecule has 0 fully saturated rings. The molecule has 8 heteroatoms. The van der Waals surface area contributed by atoms with Gasteiger partial charge in [0.2, 0.25) is 0 Å². The van der Waals surface area contributed by atoms with Crippen LogP contribution in [-0.4, -0.2) is 32.1 Å². The van der Waals surface area contributed by atoms with Crippen molar-refractivity contribution < 1.29 is 33.0 Å². The number of methoxy groups -OCH3 is 2. The summed E-state index contributed by atoms with van der Waals surface area (Å²) >= 11 is 0. The number of ether oxygens (including phenoxy) is 3. The number of hydrogen-bond acceptors (Lipinski definition) is 7. The third-order valence-corrected chi connectivity index (χ3v) is 5.08. The molecule has 34 heavy (non-hydrogen) atoms. The summed E-state index contributed by atoms with van der Waals surface area (Å²) in [6, 6.07) is 13.4. The van der Waals surface area contributed by atoms with E-state index in [0.29, 0.717) is 11.7 Å². The van der Waals surface area contributed by atoms with Crippen molar-refractivity contribution in [1.82, 2.24) is 0 Å². The molecule has 2 aromatic carbocycles. The van der Waals surface area contributed by atoms with Gasteiger partial charge in [-0.25, -0.2) is 9.59 Å². The van der Waals surface area contributed by atoms with E-state index in [1.165, 1.54) is 38.5 Å².